The Balaban J connectivity index is 1.86. The molecule has 2 nitrogen and oxygen atoms in total. The van der Waals surface area contributed by atoms with Crippen LogP contribution in [0.15, 0.2) is 40.9 Å². The van der Waals surface area contributed by atoms with Crippen molar-refractivity contribution in [2.24, 2.45) is 0 Å². The Morgan fingerprint density at radius 3 is 2.84 bits per heavy atom. The van der Waals surface area contributed by atoms with Gasteiger partial charge in [0.25, 0.3) is 0 Å². The first-order valence-electron chi connectivity index (χ1n) is 6.17. The van der Waals surface area contributed by atoms with Gasteiger partial charge in [-0.25, -0.2) is 4.39 Å². The van der Waals surface area contributed by atoms with Crippen molar-refractivity contribution in [2.45, 2.75) is 18.9 Å². The number of fused-ring (bicyclic) bond motifs is 1. The van der Waals surface area contributed by atoms with Crippen LogP contribution in [-0.4, -0.2) is 5.11 Å². The smallest absolute Gasteiger partial charge is 0.124 e. The Labute approximate surface area is 119 Å². The van der Waals surface area contributed by atoms with Crippen LogP contribution in [0.2, 0.25) is 0 Å². The first-order valence-corrected chi connectivity index (χ1v) is 6.96. The molecule has 0 amide bonds. The molecule has 1 aliphatic carbocycles. The second-order valence-electron chi connectivity index (χ2n) is 4.74. The maximum absolute atomic E-state index is 13.1. The maximum atomic E-state index is 13.1. The van der Waals surface area contributed by atoms with Gasteiger partial charge in [-0.1, -0.05) is 6.07 Å². The van der Waals surface area contributed by atoms with Crippen molar-refractivity contribution < 1.29 is 9.50 Å². The number of aryl methyl sites for hydroxylation is 1. The summed E-state index contributed by atoms with van der Waals surface area (Å²) in [5.74, 6) is 0.0523. The van der Waals surface area contributed by atoms with Gasteiger partial charge in [-0.05, 0) is 70.2 Å². The number of hydrogen-bond donors (Lipinski definition) is 2. The third-order valence-corrected chi connectivity index (χ3v) is 4.12. The van der Waals surface area contributed by atoms with Crippen LogP contribution in [-0.2, 0) is 6.42 Å². The zero-order chi connectivity index (χ0) is 13.4. The number of halogens is 2. The molecule has 98 valence electrons. The average molecular weight is 322 g/mol. The van der Waals surface area contributed by atoms with Crippen molar-refractivity contribution in [3.63, 3.8) is 0 Å². The Morgan fingerprint density at radius 1 is 1.21 bits per heavy atom. The number of aromatic hydroxyl groups is 1. The molecule has 0 bridgehead atoms. The fourth-order valence-electron chi connectivity index (χ4n) is 2.55. The van der Waals surface area contributed by atoms with Crippen molar-refractivity contribution in [1.29, 1.82) is 0 Å². The van der Waals surface area contributed by atoms with Gasteiger partial charge in [0.1, 0.15) is 11.6 Å². The van der Waals surface area contributed by atoms with Gasteiger partial charge >= 0.3 is 0 Å². The molecule has 0 aliphatic heterocycles. The van der Waals surface area contributed by atoms with E-state index in [0.717, 1.165) is 23.0 Å². The highest BCUT2D eigenvalue weighted by Gasteiger charge is 2.23. The van der Waals surface area contributed by atoms with Crippen LogP contribution in [0.4, 0.5) is 10.1 Å². The van der Waals surface area contributed by atoms with Crippen molar-refractivity contribution in [3.8, 4) is 5.75 Å². The molecule has 0 saturated heterocycles. The van der Waals surface area contributed by atoms with Gasteiger partial charge in [0, 0.05) is 10.2 Å². The summed E-state index contributed by atoms with van der Waals surface area (Å²) >= 11 is 3.36. The van der Waals surface area contributed by atoms with Crippen molar-refractivity contribution >= 4 is 21.6 Å². The van der Waals surface area contributed by atoms with E-state index in [4.69, 9.17) is 0 Å². The summed E-state index contributed by atoms with van der Waals surface area (Å²) in [6.07, 6.45) is 1.92. The van der Waals surface area contributed by atoms with E-state index < -0.39 is 0 Å². The lowest BCUT2D eigenvalue weighted by molar-refractivity contribution is 0.474. The molecular formula is C15H13BrFNO. The van der Waals surface area contributed by atoms with Crippen LogP contribution in [0.25, 0.3) is 0 Å². The van der Waals surface area contributed by atoms with Crippen LogP contribution in [0.3, 0.4) is 0 Å². The van der Waals surface area contributed by atoms with E-state index in [2.05, 4.69) is 21.2 Å². The number of rotatable bonds is 2. The van der Waals surface area contributed by atoms with Crippen molar-refractivity contribution in [3.05, 3.63) is 57.8 Å². The maximum Gasteiger partial charge on any atom is 0.124 e. The molecule has 4 heteroatoms. The minimum atomic E-state index is -0.255. The van der Waals surface area contributed by atoms with E-state index in [0.29, 0.717) is 5.75 Å². The van der Waals surface area contributed by atoms with E-state index in [1.54, 1.807) is 12.1 Å². The molecule has 0 aromatic heterocycles. The summed E-state index contributed by atoms with van der Waals surface area (Å²) in [4.78, 5) is 0. The number of benzene rings is 2. The average Bonchev–Trinajstić information content (AvgIpc) is 2.75. The first kappa shape index (κ1) is 12.5. The van der Waals surface area contributed by atoms with Crippen LogP contribution >= 0.6 is 15.9 Å². The second-order valence-corrected chi connectivity index (χ2v) is 5.60. The highest BCUT2D eigenvalue weighted by atomic mass is 79.9. The molecular weight excluding hydrogens is 309 g/mol. The lowest BCUT2D eigenvalue weighted by Gasteiger charge is -2.17. The minimum absolute atomic E-state index is 0.206. The van der Waals surface area contributed by atoms with Crippen LogP contribution in [0, 0.1) is 5.82 Å². The highest BCUT2D eigenvalue weighted by Crippen LogP contribution is 2.37. The Morgan fingerprint density at radius 2 is 2.05 bits per heavy atom. The SMILES string of the molecule is Oc1ccc2c(c1)CCC2Nc1ccc(F)cc1Br. The molecule has 19 heavy (non-hydrogen) atoms. The molecule has 2 aromatic carbocycles. The summed E-state index contributed by atoms with van der Waals surface area (Å²) in [6, 6.07) is 10.3. The lowest BCUT2D eigenvalue weighted by atomic mass is 10.1. The number of nitrogens with one attached hydrogen (secondary N) is 1. The highest BCUT2D eigenvalue weighted by molar-refractivity contribution is 9.10. The van der Waals surface area contributed by atoms with Crippen molar-refractivity contribution in [1.82, 2.24) is 0 Å². The molecule has 0 spiro atoms. The van der Waals surface area contributed by atoms with Gasteiger partial charge < -0.3 is 10.4 Å². The summed E-state index contributed by atoms with van der Waals surface area (Å²) < 4.78 is 13.8. The number of phenolic OH excluding ortho intramolecular Hbond substituents is 1. The molecule has 0 fully saturated rings. The predicted molar refractivity (Wildman–Crippen MR) is 76.9 cm³/mol. The third kappa shape index (κ3) is 2.45. The fraction of sp³-hybridized carbons (Fsp3) is 0.200. The summed E-state index contributed by atoms with van der Waals surface area (Å²) in [5, 5.41) is 12.9. The van der Waals surface area contributed by atoms with Crippen LogP contribution in [0.1, 0.15) is 23.6 Å². The zero-order valence-electron chi connectivity index (χ0n) is 10.2. The number of anilines is 1. The number of hydrogen-bond acceptors (Lipinski definition) is 2. The molecule has 2 N–H and O–H groups in total. The Kier molecular flexibility index (Phi) is 3.19. The van der Waals surface area contributed by atoms with E-state index >= 15 is 0 Å². The van der Waals surface area contributed by atoms with Gasteiger partial charge in [0.05, 0.1) is 6.04 Å². The Hall–Kier alpha value is -1.55. The molecule has 0 saturated carbocycles. The predicted octanol–water partition coefficient (Wildman–Crippen LogP) is 4.39. The van der Waals surface area contributed by atoms with Gasteiger partial charge in [0.15, 0.2) is 0 Å². The normalized spacial score (nSPS) is 17.3. The van der Waals surface area contributed by atoms with Crippen molar-refractivity contribution in [2.75, 3.05) is 5.32 Å². The molecule has 2 aromatic rings. The topological polar surface area (TPSA) is 32.3 Å². The van der Waals surface area contributed by atoms with E-state index in [9.17, 15) is 9.50 Å². The van der Waals surface area contributed by atoms with Gasteiger partial charge in [-0.3, -0.25) is 0 Å². The van der Waals surface area contributed by atoms with Crippen LogP contribution < -0.4 is 5.32 Å². The lowest BCUT2D eigenvalue weighted by Crippen LogP contribution is -2.07. The summed E-state index contributed by atoms with van der Waals surface area (Å²) in [6.45, 7) is 0. The first-order chi connectivity index (χ1) is 9.13. The van der Waals surface area contributed by atoms with Gasteiger partial charge in [-0.2, -0.15) is 0 Å². The van der Waals surface area contributed by atoms with E-state index in [-0.39, 0.29) is 11.9 Å². The minimum Gasteiger partial charge on any atom is -0.508 e. The second kappa shape index (κ2) is 4.85. The van der Waals surface area contributed by atoms with Gasteiger partial charge in [-0.15, -0.1) is 0 Å². The van der Waals surface area contributed by atoms with E-state index in [1.165, 1.54) is 23.3 Å². The van der Waals surface area contributed by atoms with Gasteiger partial charge in [0.2, 0.25) is 0 Å². The molecule has 0 heterocycles. The quantitative estimate of drug-likeness (QED) is 0.859. The molecule has 1 atom stereocenters. The zero-order valence-corrected chi connectivity index (χ0v) is 11.7. The third-order valence-electron chi connectivity index (χ3n) is 3.47. The summed E-state index contributed by atoms with van der Waals surface area (Å²) in [5.41, 5.74) is 3.26. The Bertz CT molecular complexity index is 630. The molecule has 0 radical (unpaired) electrons. The standard InChI is InChI=1S/C15H13BrFNO/c16-13-8-10(17)2-6-15(13)18-14-5-1-9-7-11(19)3-4-12(9)14/h2-4,6-8,14,18-19H,1,5H2. The molecule has 1 unspecified atom stereocenters. The monoisotopic (exact) mass is 321 g/mol. The molecule has 3 rings (SSSR count). The summed E-state index contributed by atoms with van der Waals surface area (Å²) in [7, 11) is 0. The molecule has 1 aliphatic rings. The fourth-order valence-corrected chi connectivity index (χ4v) is 3.01. The largest absolute Gasteiger partial charge is 0.508 e. The van der Waals surface area contributed by atoms with E-state index in [1.807, 2.05) is 12.1 Å². The van der Waals surface area contributed by atoms with Crippen LogP contribution in [0.5, 0.6) is 5.75 Å². The number of phenols is 1.